The van der Waals surface area contributed by atoms with Crippen molar-refractivity contribution in [2.24, 2.45) is 5.92 Å². The van der Waals surface area contributed by atoms with Gasteiger partial charge in [0.25, 0.3) is 5.91 Å². The Morgan fingerprint density at radius 3 is 2.59 bits per heavy atom. The first-order valence-electron chi connectivity index (χ1n) is 9.04. The van der Waals surface area contributed by atoms with Gasteiger partial charge in [-0.25, -0.2) is 9.67 Å². The summed E-state index contributed by atoms with van der Waals surface area (Å²) in [5, 5.41) is 4.65. The van der Waals surface area contributed by atoms with Gasteiger partial charge in [-0.1, -0.05) is 44.2 Å². The molecule has 7 heteroatoms. The van der Waals surface area contributed by atoms with E-state index in [2.05, 4.69) is 23.9 Å². The van der Waals surface area contributed by atoms with E-state index in [9.17, 15) is 9.59 Å². The van der Waals surface area contributed by atoms with Gasteiger partial charge in [-0.05, 0) is 12.0 Å². The van der Waals surface area contributed by atoms with Crippen molar-refractivity contribution in [1.82, 2.24) is 24.6 Å². The number of hydrogen-bond acceptors (Lipinski definition) is 4. The second-order valence-corrected chi connectivity index (χ2v) is 7.01. The first kappa shape index (κ1) is 17.2. The van der Waals surface area contributed by atoms with Gasteiger partial charge < -0.3 is 9.88 Å². The Bertz CT molecular complexity index is 1000. The quantitative estimate of drug-likeness (QED) is 0.775. The highest BCUT2D eigenvalue weighted by Crippen LogP contribution is 2.33. The summed E-state index contributed by atoms with van der Waals surface area (Å²) >= 11 is 0. The molecular weight excluding hydrogens is 342 g/mol. The molecule has 1 amide bonds. The molecule has 0 unspecified atom stereocenters. The van der Waals surface area contributed by atoms with E-state index >= 15 is 0 Å². The van der Waals surface area contributed by atoms with Gasteiger partial charge in [0.15, 0.2) is 11.6 Å². The van der Waals surface area contributed by atoms with Crippen molar-refractivity contribution in [3.63, 3.8) is 0 Å². The molecule has 1 aromatic carbocycles. The average Bonchev–Trinajstić information content (AvgIpc) is 3.12. The monoisotopic (exact) mass is 363 g/mol. The second kappa shape index (κ2) is 6.83. The predicted octanol–water partition coefficient (Wildman–Crippen LogP) is 2.49. The Labute approximate surface area is 156 Å². The molecule has 7 nitrogen and oxygen atoms in total. The summed E-state index contributed by atoms with van der Waals surface area (Å²) in [6.45, 7) is 5.29. The van der Waals surface area contributed by atoms with Crippen LogP contribution in [0.5, 0.6) is 0 Å². The third kappa shape index (κ3) is 3.16. The molecule has 0 saturated heterocycles. The van der Waals surface area contributed by atoms with Gasteiger partial charge in [0.1, 0.15) is 0 Å². The lowest BCUT2D eigenvalue weighted by Crippen LogP contribution is -2.44. The molecule has 3 aromatic rings. The molecule has 1 aliphatic heterocycles. The van der Waals surface area contributed by atoms with Crippen LogP contribution in [-0.2, 0) is 6.54 Å². The number of aromatic nitrogens is 4. The Morgan fingerprint density at radius 1 is 1.15 bits per heavy atom. The van der Waals surface area contributed by atoms with Crippen molar-refractivity contribution in [3.8, 4) is 11.4 Å². The topological polar surface area (TPSA) is 83.9 Å². The first-order valence-corrected chi connectivity index (χ1v) is 9.04. The summed E-state index contributed by atoms with van der Waals surface area (Å²) in [5.41, 5.74) is 1.20. The lowest BCUT2D eigenvalue weighted by Gasteiger charge is -2.37. The fourth-order valence-corrected chi connectivity index (χ4v) is 3.52. The molecule has 3 heterocycles. The van der Waals surface area contributed by atoms with Crippen molar-refractivity contribution in [2.75, 3.05) is 6.54 Å². The smallest absolute Gasteiger partial charge is 0.256 e. The Kier molecular flexibility index (Phi) is 4.35. The van der Waals surface area contributed by atoms with E-state index in [-0.39, 0.29) is 23.4 Å². The minimum Gasteiger partial charge on any atom is -0.328 e. The van der Waals surface area contributed by atoms with Gasteiger partial charge >= 0.3 is 0 Å². The molecule has 2 aromatic heterocycles. The van der Waals surface area contributed by atoms with Crippen molar-refractivity contribution < 1.29 is 4.79 Å². The molecule has 0 aliphatic carbocycles. The Balaban J connectivity index is 1.71. The maximum absolute atomic E-state index is 13.1. The molecule has 4 rings (SSSR count). The van der Waals surface area contributed by atoms with Gasteiger partial charge in [0, 0.05) is 24.4 Å². The van der Waals surface area contributed by atoms with Crippen molar-refractivity contribution in [1.29, 1.82) is 0 Å². The maximum Gasteiger partial charge on any atom is 0.256 e. The fourth-order valence-electron chi connectivity index (χ4n) is 3.52. The lowest BCUT2D eigenvalue weighted by molar-refractivity contribution is 0.0536. The molecule has 1 aliphatic rings. The molecule has 0 spiro atoms. The number of nitrogens with zero attached hydrogens (tertiary/aromatic N) is 4. The van der Waals surface area contributed by atoms with Crippen LogP contribution in [-0.4, -0.2) is 37.1 Å². The van der Waals surface area contributed by atoms with Crippen molar-refractivity contribution >= 4 is 5.91 Å². The highest BCUT2D eigenvalue weighted by molar-refractivity contribution is 5.94. The van der Waals surface area contributed by atoms with Crippen LogP contribution in [0.25, 0.3) is 11.4 Å². The summed E-state index contributed by atoms with van der Waals surface area (Å²) in [6, 6.07) is 12.6. The van der Waals surface area contributed by atoms with E-state index < -0.39 is 0 Å². The Hall–Kier alpha value is -3.22. The molecule has 138 valence electrons. The van der Waals surface area contributed by atoms with E-state index in [1.165, 1.54) is 12.3 Å². The number of carbonyl (C=O) groups excluding carboxylic acids is 1. The molecular formula is C20H21N5O2. The molecule has 0 fully saturated rings. The van der Waals surface area contributed by atoms with Crippen LogP contribution in [0.2, 0.25) is 0 Å². The van der Waals surface area contributed by atoms with E-state index in [1.54, 1.807) is 6.07 Å². The van der Waals surface area contributed by atoms with Crippen LogP contribution in [0.3, 0.4) is 0 Å². The van der Waals surface area contributed by atoms with Gasteiger partial charge in [-0.2, -0.15) is 5.10 Å². The van der Waals surface area contributed by atoms with Crippen molar-refractivity contribution in [2.45, 2.75) is 26.4 Å². The molecule has 1 N–H and O–H groups in total. The number of benzene rings is 1. The third-order valence-corrected chi connectivity index (χ3v) is 4.81. The number of aromatic amines is 1. The second-order valence-electron chi connectivity index (χ2n) is 7.01. The fraction of sp³-hybridized carbons (Fsp3) is 0.300. The molecule has 0 bridgehead atoms. The normalized spacial score (nSPS) is 16.4. The summed E-state index contributed by atoms with van der Waals surface area (Å²) in [7, 11) is 0. The lowest BCUT2D eigenvalue weighted by atomic mass is 9.99. The number of fused-ring (bicyclic) bond motifs is 1. The van der Waals surface area contributed by atoms with Crippen LogP contribution < -0.4 is 5.56 Å². The molecule has 0 saturated carbocycles. The summed E-state index contributed by atoms with van der Waals surface area (Å²) in [5.74, 6) is 1.53. The third-order valence-electron chi connectivity index (χ3n) is 4.81. The van der Waals surface area contributed by atoms with Gasteiger partial charge in [-0.15, -0.1) is 0 Å². The molecule has 1 atom stereocenters. The first-order chi connectivity index (χ1) is 13.0. The van der Waals surface area contributed by atoms with Crippen LogP contribution in [0.1, 0.15) is 36.1 Å². The zero-order chi connectivity index (χ0) is 19.0. The SMILES string of the molecule is CC(C)[C@H]1c2nc(-c3ccccc3)nn2CCN1C(=O)c1ccc(=O)[nH]c1. The summed E-state index contributed by atoms with van der Waals surface area (Å²) in [6.07, 6.45) is 1.47. The molecule has 27 heavy (non-hydrogen) atoms. The highest BCUT2D eigenvalue weighted by Gasteiger charge is 2.36. The van der Waals surface area contributed by atoms with E-state index in [0.717, 1.165) is 11.4 Å². The number of amides is 1. The van der Waals surface area contributed by atoms with Crippen molar-refractivity contribution in [3.05, 3.63) is 70.4 Å². The van der Waals surface area contributed by atoms with E-state index in [4.69, 9.17) is 4.98 Å². The number of pyridine rings is 1. The van der Waals surface area contributed by atoms with E-state index in [1.807, 2.05) is 39.9 Å². The maximum atomic E-state index is 13.1. The number of rotatable bonds is 3. The minimum absolute atomic E-state index is 0.111. The summed E-state index contributed by atoms with van der Waals surface area (Å²) < 4.78 is 1.91. The van der Waals surface area contributed by atoms with Gasteiger partial charge in [-0.3, -0.25) is 9.59 Å². The number of hydrogen-bond donors (Lipinski definition) is 1. The molecule has 0 radical (unpaired) electrons. The standard InChI is InChI=1S/C20H21N5O2/c1-13(2)17-19-22-18(14-6-4-3-5-7-14)23-25(19)11-10-24(17)20(27)15-8-9-16(26)21-12-15/h3-9,12-13,17H,10-11H2,1-2H3,(H,21,26)/t17-/m0/s1. The van der Waals surface area contributed by atoms with Gasteiger partial charge in [0.05, 0.1) is 18.2 Å². The number of H-pyrrole nitrogens is 1. The predicted molar refractivity (Wildman–Crippen MR) is 101 cm³/mol. The number of carbonyl (C=O) groups is 1. The zero-order valence-electron chi connectivity index (χ0n) is 15.3. The van der Waals surface area contributed by atoms with Crippen LogP contribution in [0.4, 0.5) is 0 Å². The minimum atomic E-state index is -0.224. The Morgan fingerprint density at radius 2 is 1.93 bits per heavy atom. The largest absolute Gasteiger partial charge is 0.328 e. The zero-order valence-corrected chi connectivity index (χ0v) is 15.3. The average molecular weight is 363 g/mol. The van der Waals surface area contributed by atoms with Crippen LogP contribution in [0.15, 0.2) is 53.5 Å². The van der Waals surface area contributed by atoms with Gasteiger partial charge in [0.2, 0.25) is 5.56 Å². The highest BCUT2D eigenvalue weighted by atomic mass is 16.2. The number of nitrogens with one attached hydrogen (secondary N) is 1. The van der Waals surface area contributed by atoms with E-state index in [0.29, 0.717) is 24.5 Å². The van der Waals surface area contributed by atoms with Crippen LogP contribution >= 0.6 is 0 Å². The summed E-state index contributed by atoms with van der Waals surface area (Å²) in [4.78, 5) is 33.5. The van der Waals surface area contributed by atoms with Crippen LogP contribution in [0, 0.1) is 5.92 Å².